The van der Waals surface area contributed by atoms with Gasteiger partial charge in [-0.3, -0.25) is 4.98 Å². The number of hydrogen-bond donors (Lipinski definition) is 1. The van der Waals surface area contributed by atoms with Crippen LogP contribution in [0.5, 0.6) is 0 Å². The third-order valence-electron chi connectivity index (χ3n) is 3.69. The average Bonchev–Trinajstić information content (AvgIpc) is 2.63. The zero-order valence-corrected chi connectivity index (χ0v) is 12.5. The highest BCUT2D eigenvalue weighted by Gasteiger charge is 2.08. The summed E-state index contributed by atoms with van der Waals surface area (Å²) in [7, 11) is 0. The van der Waals surface area contributed by atoms with Crippen molar-refractivity contribution in [2.24, 2.45) is 0 Å². The summed E-state index contributed by atoms with van der Waals surface area (Å²) in [4.78, 5) is 4.48. The molecule has 2 aromatic rings. The first-order valence-corrected chi connectivity index (χ1v) is 6.86. The SMILES string of the molecule is CCn1c(C)cc(CNc2ccc(C)nc2C)c1C. The van der Waals surface area contributed by atoms with Crippen LogP contribution in [0.1, 0.15) is 35.3 Å². The van der Waals surface area contributed by atoms with Gasteiger partial charge in [0.15, 0.2) is 0 Å². The first-order chi connectivity index (χ1) is 9.02. The Labute approximate surface area is 115 Å². The van der Waals surface area contributed by atoms with E-state index >= 15 is 0 Å². The molecule has 0 spiro atoms. The van der Waals surface area contributed by atoms with Crippen molar-refractivity contribution in [3.05, 3.63) is 46.5 Å². The number of rotatable bonds is 4. The lowest BCUT2D eigenvalue weighted by molar-refractivity contribution is 0.715. The van der Waals surface area contributed by atoms with Crippen molar-refractivity contribution < 1.29 is 0 Å². The molecule has 0 amide bonds. The van der Waals surface area contributed by atoms with E-state index in [1.807, 2.05) is 19.9 Å². The number of aryl methyl sites for hydroxylation is 3. The smallest absolute Gasteiger partial charge is 0.0606 e. The van der Waals surface area contributed by atoms with Crippen LogP contribution < -0.4 is 5.32 Å². The van der Waals surface area contributed by atoms with Crippen molar-refractivity contribution in [2.45, 2.75) is 47.7 Å². The van der Waals surface area contributed by atoms with Crippen LogP contribution in [0.3, 0.4) is 0 Å². The Bertz CT molecular complexity index is 582. The highest BCUT2D eigenvalue weighted by atomic mass is 15.0. The van der Waals surface area contributed by atoms with Crippen LogP contribution in [0.2, 0.25) is 0 Å². The lowest BCUT2D eigenvalue weighted by atomic mass is 10.2. The third kappa shape index (κ3) is 2.80. The van der Waals surface area contributed by atoms with Crippen molar-refractivity contribution >= 4 is 5.69 Å². The van der Waals surface area contributed by atoms with E-state index in [0.29, 0.717) is 0 Å². The minimum absolute atomic E-state index is 0.852. The molecule has 0 bridgehead atoms. The maximum absolute atomic E-state index is 4.48. The number of aromatic nitrogens is 2. The molecule has 0 atom stereocenters. The second-order valence-corrected chi connectivity index (χ2v) is 5.08. The summed E-state index contributed by atoms with van der Waals surface area (Å²) < 4.78 is 2.34. The van der Waals surface area contributed by atoms with E-state index in [9.17, 15) is 0 Å². The van der Waals surface area contributed by atoms with Gasteiger partial charge in [0.2, 0.25) is 0 Å². The van der Waals surface area contributed by atoms with E-state index in [1.54, 1.807) is 0 Å². The molecule has 3 nitrogen and oxygen atoms in total. The summed E-state index contributed by atoms with van der Waals surface area (Å²) >= 11 is 0. The van der Waals surface area contributed by atoms with E-state index in [4.69, 9.17) is 0 Å². The van der Waals surface area contributed by atoms with Gasteiger partial charge in [0.05, 0.1) is 11.4 Å². The number of pyridine rings is 1. The molecule has 0 radical (unpaired) electrons. The first kappa shape index (κ1) is 13.7. The summed E-state index contributed by atoms with van der Waals surface area (Å²) in [5.74, 6) is 0. The number of nitrogens with zero attached hydrogens (tertiary/aromatic N) is 2. The Balaban J connectivity index is 2.14. The van der Waals surface area contributed by atoms with Crippen LogP contribution in [0.4, 0.5) is 5.69 Å². The summed E-state index contributed by atoms with van der Waals surface area (Å²) in [5, 5.41) is 3.49. The Morgan fingerprint density at radius 3 is 2.47 bits per heavy atom. The van der Waals surface area contributed by atoms with Gasteiger partial charge in [-0.25, -0.2) is 0 Å². The zero-order valence-electron chi connectivity index (χ0n) is 12.5. The maximum Gasteiger partial charge on any atom is 0.0606 e. The quantitative estimate of drug-likeness (QED) is 0.904. The van der Waals surface area contributed by atoms with Crippen LogP contribution >= 0.6 is 0 Å². The predicted molar refractivity (Wildman–Crippen MR) is 80.6 cm³/mol. The molecule has 2 aromatic heterocycles. The fourth-order valence-corrected chi connectivity index (χ4v) is 2.60. The molecule has 0 unspecified atom stereocenters. The second kappa shape index (κ2) is 5.47. The van der Waals surface area contributed by atoms with Crippen LogP contribution in [-0.2, 0) is 13.1 Å². The fraction of sp³-hybridized carbons (Fsp3) is 0.438. The molecular weight excluding hydrogens is 234 g/mol. The van der Waals surface area contributed by atoms with E-state index in [1.165, 1.54) is 17.0 Å². The van der Waals surface area contributed by atoms with Gasteiger partial charge in [-0.2, -0.15) is 0 Å². The summed E-state index contributed by atoms with van der Waals surface area (Å²) in [5.41, 5.74) is 7.28. The largest absolute Gasteiger partial charge is 0.379 e. The highest BCUT2D eigenvalue weighted by Crippen LogP contribution is 2.18. The van der Waals surface area contributed by atoms with Crippen molar-refractivity contribution in [1.29, 1.82) is 0 Å². The number of hydrogen-bond acceptors (Lipinski definition) is 2. The standard InChI is InChI=1S/C16H23N3/c1-6-19-12(3)9-15(14(19)5)10-17-16-8-7-11(2)18-13(16)4/h7-9,17H,6,10H2,1-5H3. The maximum atomic E-state index is 4.48. The minimum atomic E-state index is 0.852. The molecule has 0 saturated heterocycles. The van der Waals surface area contributed by atoms with Gasteiger partial charge in [0.1, 0.15) is 0 Å². The van der Waals surface area contributed by atoms with Crippen molar-refractivity contribution in [3.8, 4) is 0 Å². The summed E-state index contributed by atoms with van der Waals surface area (Å²) in [6, 6.07) is 6.42. The van der Waals surface area contributed by atoms with Gasteiger partial charge in [0.25, 0.3) is 0 Å². The van der Waals surface area contributed by atoms with Gasteiger partial charge in [0, 0.05) is 30.2 Å². The lowest BCUT2D eigenvalue weighted by Gasteiger charge is -2.10. The van der Waals surface area contributed by atoms with E-state index in [0.717, 1.165) is 30.2 Å². The van der Waals surface area contributed by atoms with E-state index in [-0.39, 0.29) is 0 Å². The van der Waals surface area contributed by atoms with Gasteiger partial charge in [-0.05, 0) is 58.4 Å². The molecule has 0 aromatic carbocycles. The Morgan fingerprint density at radius 1 is 1.16 bits per heavy atom. The monoisotopic (exact) mass is 257 g/mol. The van der Waals surface area contributed by atoms with Crippen LogP contribution in [0, 0.1) is 27.7 Å². The predicted octanol–water partition coefficient (Wildman–Crippen LogP) is 3.75. The molecule has 3 heteroatoms. The Morgan fingerprint density at radius 2 is 1.89 bits per heavy atom. The Hall–Kier alpha value is -1.77. The second-order valence-electron chi connectivity index (χ2n) is 5.08. The summed E-state index contributed by atoms with van der Waals surface area (Å²) in [6.07, 6.45) is 0. The Kier molecular flexibility index (Phi) is 3.93. The molecule has 0 saturated carbocycles. The molecule has 0 aliphatic heterocycles. The molecular formula is C16H23N3. The average molecular weight is 257 g/mol. The number of anilines is 1. The molecule has 19 heavy (non-hydrogen) atoms. The molecule has 0 aliphatic carbocycles. The van der Waals surface area contributed by atoms with Crippen molar-refractivity contribution in [3.63, 3.8) is 0 Å². The van der Waals surface area contributed by atoms with Crippen LogP contribution in [0.15, 0.2) is 18.2 Å². The number of nitrogens with one attached hydrogen (secondary N) is 1. The van der Waals surface area contributed by atoms with Gasteiger partial charge >= 0.3 is 0 Å². The fourth-order valence-electron chi connectivity index (χ4n) is 2.60. The minimum Gasteiger partial charge on any atom is -0.379 e. The normalized spacial score (nSPS) is 10.8. The van der Waals surface area contributed by atoms with Gasteiger partial charge in [-0.15, -0.1) is 0 Å². The van der Waals surface area contributed by atoms with Crippen molar-refractivity contribution in [2.75, 3.05) is 5.32 Å². The van der Waals surface area contributed by atoms with Crippen molar-refractivity contribution in [1.82, 2.24) is 9.55 Å². The molecule has 2 heterocycles. The van der Waals surface area contributed by atoms with Gasteiger partial charge in [-0.1, -0.05) is 0 Å². The third-order valence-corrected chi connectivity index (χ3v) is 3.69. The zero-order chi connectivity index (χ0) is 14.0. The lowest BCUT2D eigenvalue weighted by Crippen LogP contribution is -2.04. The van der Waals surface area contributed by atoms with Crippen LogP contribution in [0.25, 0.3) is 0 Å². The van der Waals surface area contributed by atoms with E-state index < -0.39 is 0 Å². The molecule has 1 N–H and O–H groups in total. The first-order valence-electron chi connectivity index (χ1n) is 6.86. The van der Waals surface area contributed by atoms with Crippen LogP contribution in [-0.4, -0.2) is 9.55 Å². The topological polar surface area (TPSA) is 29.9 Å². The molecule has 2 rings (SSSR count). The molecule has 0 fully saturated rings. The highest BCUT2D eigenvalue weighted by molar-refractivity contribution is 5.48. The van der Waals surface area contributed by atoms with Gasteiger partial charge < -0.3 is 9.88 Å². The van der Waals surface area contributed by atoms with E-state index in [2.05, 4.69) is 47.8 Å². The molecule has 0 aliphatic rings. The summed E-state index contributed by atoms with van der Waals surface area (Å²) in [6.45, 7) is 12.5. The molecule has 102 valence electrons.